The predicted molar refractivity (Wildman–Crippen MR) is 88.9 cm³/mol. The van der Waals surface area contributed by atoms with Crippen LogP contribution in [0.5, 0.6) is 0 Å². The molecule has 2 heterocycles. The zero-order valence-corrected chi connectivity index (χ0v) is 13.7. The van der Waals surface area contributed by atoms with Crippen LogP contribution in [0, 0.1) is 6.92 Å². The van der Waals surface area contributed by atoms with Gasteiger partial charge >= 0.3 is 0 Å². The molecule has 0 unspecified atom stereocenters. The lowest BCUT2D eigenvalue weighted by Crippen LogP contribution is -2.34. The molecule has 2 aromatic rings. The van der Waals surface area contributed by atoms with E-state index in [-0.39, 0.29) is 17.6 Å². The summed E-state index contributed by atoms with van der Waals surface area (Å²) in [5, 5.41) is 5.09. The van der Waals surface area contributed by atoms with E-state index >= 15 is 0 Å². The molecule has 22 heavy (non-hydrogen) atoms. The summed E-state index contributed by atoms with van der Waals surface area (Å²) in [6.45, 7) is 3.77. The van der Waals surface area contributed by atoms with Crippen molar-refractivity contribution in [1.29, 1.82) is 0 Å². The molecule has 0 N–H and O–H groups in total. The topological polar surface area (TPSA) is 58.7 Å². The van der Waals surface area contributed by atoms with E-state index < -0.39 is 0 Å². The second kappa shape index (κ2) is 6.14. The molecule has 3 rings (SSSR count). The number of amides is 1. The van der Waals surface area contributed by atoms with Gasteiger partial charge in [0.15, 0.2) is 10.9 Å². The lowest BCUT2D eigenvalue weighted by Gasteiger charge is -2.20. The normalized spacial score (nSPS) is 17.4. The van der Waals surface area contributed by atoms with Gasteiger partial charge in [0.25, 0.3) is 5.91 Å². The van der Waals surface area contributed by atoms with Crippen LogP contribution in [0.3, 0.4) is 0 Å². The van der Waals surface area contributed by atoms with Crippen molar-refractivity contribution < 1.29 is 9.32 Å². The number of benzene rings is 1. The Labute approximate surface area is 137 Å². The number of hydrogen-bond acceptors (Lipinski definition) is 5. The van der Waals surface area contributed by atoms with Gasteiger partial charge < -0.3 is 4.52 Å². The van der Waals surface area contributed by atoms with Crippen LogP contribution < -0.4 is 4.90 Å². The average molecular weight is 336 g/mol. The Morgan fingerprint density at radius 3 is 2.68 bits per heavy atom. The highest BCUT2D eigenvalue weighted by atomic mass is 35.5. The summed E-state index contributed by atoms with van der Waals surface area (Å²) in [6.07, 6.45) is 0. The zero-order valence-electron chi connectivity index (χ0n) is 12.1. The van der Waals surface area contributed by atoms with Crippen LogP contribution in [0.4, 0.5) is 5.69 Å². The first-order chi connectivity index (χ1) is 10.5. The maximum Gasteiger partial charge on any atom is 0.286 e. The lowest BCUT2D eigenvalue weighted by atomic mass is 10.2. The molecule has 1 aliphatic rings. The number of aliphatic imine (C=N–C) groups is 1. The van der Waals surface area contributed by atoms with E-state index in [9.17, 15) is 4.79 Å². The molecule has 0 aliphatic carbocycles. The fraction of sp³-hybridized carbons (Fsp3) is 0.267. The molecule has 0 spiro atoms. The van der Waals surface area contributed by atoms with Crippen LogP contribution in [-0.4, -0.2) is 28.0 Å². The van der Waals surface area contributed by atoms with Crippen molar-refractivity contribution in [3.8, 4) is 0 Å². The van der Waals surface area contributed by atoms with Crippen molar-refractivity contribution in [2.24, 2.45) is 4.99 Å². The van der Waals surface area contributed by atoms with Gasteiger partial charge in [0.05, 0.1) is 11.7 Å². The molecule has 0 bridgehead atoms. The molecule has 1 amide bonds. The smallest absolute Gasteiger partial charge is 0.286 e. The highest BCUT2D eigenvalue weighted by Gasteiger charge is 2.29. The maximum atomic E-state index is 12.8. The fourth-order valence-corrected chi connectivity index (χ4v) is 3.23. The minimum Gasteiger partial charge on any atom is -0.361 e. The molecule has 1 aromatic carbocycles. The fourth-order valence-electron chi connectivity index (χ4n) is 2.07. The number of aryl methyl sites for hydroxylation is 1. The standard InChI is InChI=1S/C15H14ClN3O2S/c1-9-8-22-15(17-9)19(12-5-3-11(16)4-6-12)14(20)13-7-10(2)21-18-13/h3-7,9H,8H2,1-2H3/t9-/m0/s1. The Kier molecular flexibility index (Phi) is 4.22. The summed E-state index contributed by atoms with van der Waals surface area (Å²) in [6, 6.07) is 8.87. The number of rotatable bonds is 2. The number of amidine groups is 1. The minimum absolute atomic E-state index is 0.182. The number of halogens is 1. The van der Waals surface area contributed by atoms with Gasteiger partial charge in [-0.3, -0.25) is 14.7 Å². The third kappa shape index (κ3) is 3.03. The molecular weight excluding hydrogens is 322 g/mol. The quantitative estimate of drug-likeness (QED) is 0.838. The highest BCUT2D eigenvalue weighted by Crippen LogP contribution is 2.28. The zero-order chi connectivity index (χ0) is 15.7. The van der Waals surface area contributed by atoms with E-state index in [4.69, 9.17) is 16.1 Å². The summed E-state index contributed by atoms with van der Waals surface area (Å²) >= 11 is 7.48. The molecule has 0 saturated heterocycles. The van der Waals surface area contributed by atoms with Crippen molar-refractivity contribution in [2.45, 2.75) is 19.9 Å². The second-order valence-corrected chi connectivity index (χ2v) is 6.44. The van der Waals surface area contributed by atoms with Crippen molar-refractivity contribution >= 4 is 40.1 Å². The van der Waals surface area contributed by atoms with E-state index in [1.54, 1.807) is 53.9 Å². The first-order valence-electron chi connectivity index (χ1n) is 6.78. The van der Waals surface area contributed by atoms with Gasteiger partial charge in [-0.1, -0.05) is 28.5 Å². The van der Waals surface area contributed by atoms with Crippen molar-refractivity contribution in [3.63, 3.8) is 0 Å². The lowest BCUT2D eigenvalue weighted by molar-refractivity contribution is 0.0994. The van der Waals surface area contributed by atoms with E-state index in [0.29, 0.717) is 21.6 Å². The van der Waals surface area contributed by atoms with Crippen LogP contribution in [0.1, 0.15) is 23.2 Å². The van der Waals surface area contributed by atoms with E-state index in [1.165, 1.54) is 0 Å². The molecule has 7 heteroatoms. The molecule has 1 aliphatic heterocycles. The molecule has 1 aromatic heterocycles. The molecule has 1 atom stereocenters. The molecular formula is C15H14ClN3O2S. The van der Waals surface area contributed by atoms with Crippen LogP contribution >= 0.6 is 23.4 Å². The molecule has 0 fully saturated rings. The summed E-state index contributed by atoms with van der Waals surface area (Å²) in [5.41, 5.74) is 0.964. The van der Waals surface area contributed by atoms with E-state index in [1.807, 2.05) is 6.92 Å². The van der Waals surface area contributed by atoms with Crippen LogP contribution in [-0.2, 0) is 0 Å². The third-order valence-electron chi connectivity index (χ3n) is 3.11. The average Bonchev–Trinajstić information content (AvgIpc) is 3.10. The third-order valence-corrected chi connectivity index (χ3v) is 4.56. The number of aromatic nitrogens is 1. The van der Waals surface area contributed by atoms with Crippen LogP contribution in [0.15, 0.2) is 39.8 Å². The van der Waals surface area contributed by atoms with Gasteiger partial charge in [-0.25, -0.2) is 0 Å². The van der Waals surface area contributed by atoms with Gasteiger partial charge in [-0.2, -0.15) is 0 Å². The van der Waals surface area contributed by atoms with E-state index in [2.05, 4.69) is 10.1 Å². The Hall–Kier alpha value is -1.79. The van der Waals surface area contributed by atoms with Crippen molar-refractivity contribution in [3.05, 3.63) is 46.8 Å². The monoisotopic (exact) mass is 335 g/mol. The molecule has 0 radical (unpaired) electrons. The number of anilines is 1. The Balaban J connectivity index is 2.01. The summed E-state index contributed by atoms with van der Waals surface area (Å²) < 4.78 is 5.01. The van der Waals surface area contributed by atoms with Gasteiger partial charge in [0.2, 0.25) is 0 Å². The molecule has 0 saturated carbocycles. The second-order valence-electron chi connectivity index (χ2n) is 5.01. The van der Waals surface area contributed by atoms with Gasteiger partial charge in [-0.05, 0) is 38.1 Å². The largest absolute Gasteiger partial charge is 0.361 e. The Morgan fingerprint density at radius 1 is 1.41 bits per heavy atom. The van der Waals surface area contributed by atoms with Crippen LogP contribution in [0.2, 0.25) is 5.02 Å². The van der Waals surface area contributed by atoms with Gasteiger partial charge in [-0.15, -0.1) is 0 Å². The SMILES string of the molecule is Cc1cc(C(=O)N(C2=N[C@@H](C)CS2)c2ccc(Cl)cc2)no1. The highest BCUT2D eigenvalue weighted by molar-refractivity contribution is 8.14. The number of nitrogens with zero attached hydrogens (tertiary/aromatic N) is 3. The van der Waals surface area contributed by atoms with Crippen molar-refractivity contribution in [1.82, 2.24) is 5.16 Å². The number of carbonyl (C=O) groups is 1. The van der Waals surface area contributed by atoms with Gasteiger partial charge in [0, 0.05) is 16.8 Å². The van der Waals surface area contributed by atoms with Crippen molar-refractivity contribution in [2.75, 3.05) is 10.7 Å². The molecule has 114 valence electrons. The summed E-state index contributed by atoms with van der Waals surface area (Å²) in [4.78, 5) is 18.9. The first-order valence-corrected chi connectivity index (χ1v) is 8.15. The summed E-state index contributed by atoms with van der Waals surface area (Å²) in [7, 11) is 0. The minimum atomic E-state index is -0.264. The van der Waals surface area contributed by atoms with Crippen LogP contribution in [0.25, 0.3) is 0 Å². The number of thioether (sulfide) groups is 1. The number of carbonyl (C=O) groups excluding carboxylic acids is 1. The maximum absolute atomic E-state index is 12.8. The predicted octanol–water partition coefficient (Wildman–Crippen LogP) is 3.77. The van der Waals surface area contributed by atoms with E-state index in [0.717, 1.165) is 5.75 Å². The number of hydrogen-bond donors (Lipinski definition) is 0. The molecule has 5 nitrogen and oxygen atoms in total. The van der Waals surface area contributed by atoms with Gasteiger partial charge in [0.1, 0.15) is 5.76 Å². The Bertz CT molecular complexity index is 727. The first kappa shape index (κ1) is 15.1. The summed E-state index contributed by atoms with van der Waals surface area (Å²) in [5.74, 6) is 1.18. The Morgan fingerprint density at radius 2 is 2.14 bits per heavy atom.